The number of pyridine rings is 1. The van der Waals surface area contributed by atoms with Gasteiger partial charge in [0.05, 0.1) is 29.4 Å². The van der Waals surface area contributed by atoms with Crippen LogP contribution in [0.1, 0.15) is 0 Å². The molecular formula is C26H22ClN3O4. The van der Waals surface area contributed by atoms with Crippen molar-refractivity contribution in [2.75, 3.05) is 13.2 Å². The summed E-state index contributed by atoms with van der Waals surface area (Å²) in [7, 11) is 0. The van der Waals surface area contributed by atoms with Gasteiger partial charge in [-0.25, -0.2) is 4.98 Å². The lowest BCUT2D eigenvalue weighted by Crippen LogP contribution is -2.34. The van der Waals surface area contributed by atoms with E-state index in [0.717, 1.165) is 16.7 Å². The van der Waals surface area contributed by atoms with Crippen molar-refractivity contribution in [2.45, 2.75) is 24.4 Å². The number of rotatable bonds is 4. The van der Waals surface area contributed by atoms with Gasteiger partial charge in [-0.3, -0.25) is 0 Å². The Morgan fingerprint density at radius 1 is 0.912 bits per heavy atom. The molecule has 0 bridgehead atoms. The van der Waals surface area contributed by atoms with E-state index in [4.69, 9.17) is 25.8 Å². The second-order valence-corrected chi connectivity index (χ2v) is 8.40. The van der Waals surface area contributed by atoms with Crippen molar-refractivity contribution in [3.05, 3.63) is 65.7 Å². The number of nitrogens with zero attached hydrogens (tertiary/aromatic N) is 2. The first-order valence-corrected chi connectivity index (χ1v) is 11.2. The Morgan fingerprint density at radius 2 is 1.59 bits per heavy atom. The standard InChI is InChI=1S/C24H20ClN3O4.C2H2/c25-16-10-17-23(28-24(26-17)32-19-12-31-21-18(29)11-30-22(19)21)27-20(16)15-8-6-14(7-9-15)13-4-2-1-3-5-13;1-2/h1-10,18-19,21-22,29H,11-12H2,(H,26,27,28);1-2H/t18-,19-,21-,22-;/m1./s1. The summed E-state index contributed by atoms with van der Waals surface area (Å²) in [6.45, 7) is 0.579. The molecule has 172 valence electrons. The minimum absolute atomic E-state index is 0.249. The highest BCUT2D eigenvalue weighted by Gasteiger charge is 2.48. The van der Waals surface area contributed by atoms with Gasteiger partial charge in [0.25, 0.3) is 6.01 Å². The molecule has 7 nitrogen and oxygen atoms in total. The summed E-state index contributed by atoms with van der Waals surface area (Å²) in [5, 5.41) is 10.4. The van der Waals surface area contributed by atoms with Crippen LogP contribution in [0.2, 0.25) is 5.02 Å². The minimum Gasteiger partial charge on any atom is -0.456 e. The molecule has 4 aromatic rings. The van der Waals surface area contributed by atoms with Gasteiger partial charge in [0.15, 0.2) is 11.8 Å². The number of aromatic nitrogens is 3. The highest BCUT2D eigenvalue weighted by atomic mass is 35.5. The maximum Gasteiger partial charge on any atom is 0.296 e. The number of terminal acetylenes is 1. The molecule has 2 aromatic heterocycles. The van der Waals surface area contributed by atoms with E-state index in [-0.39, 0.29) is 24.9 Å². The van der Waals surface area contributed by atoms with E-state index in [0.29, 0.717) is 34.5 Å². The molecule has 34 heavy (non-hydrogen) atoms. The molecule has 2 aliphatic heterocycles. The fraction of sp³-hybridized carbons (Fsp3) is 0.231. The summed E-state index contributed by atoms with van der Waals surface area (Å²) in [5.41, 5.74) is 5.02. The summed E-state index contributed by atoms with van der Waals surface area (Å²) < 4.78 is 17.2. The molecule has 2 N–H and O–H groups in total. The number of benzene rings is 2. The zero-order valence-corrected chi connectivity index (χ0v) is 18.9. The topological polar surface area (TPSA) is 89.5 Å². The molecule has 8 heteroatoms. The Bertz CT molecular complexity index is 1310. The number of H-pyrrole nitrogens is 1. The number of fused-ring (bicyclic) bond motifs is 2. The first-order valence-electron chi connectivity index (χ1n) is 10.8. The summed E-state index contributed by atoms with van der Waals surface area (Å²) >= 11 is 6.54. The van der Waals surface area contributed by atoms with Gasteiger partial charge in [-0.1, -0.05) is 66.2 Å². The minimum atomic E-state index is -0.624. The Balaban J connectivity index is 0.00000117. The molecule has 0 spiro atoms. The first-order chi connectivity index (χ1) is 16.7. The van der Waals surface area contributed by atoms with Crippen LogP contribution in [-0.4, -0.2) is 57.7 Å². The van der Waals surface area contributed by atoms with Gasteiger partial charge in [0, 0.05) is 5.56 Å². The first kappa shape index (κ1) is 22.4. The van der Waals surface area contributed by atoms with Crippen LogP contribution in [0.5, 0.6) is 6.01 Å². The number of imidazole rings is 1. The monoisotopic (exact) mass is 475 g/mol. The van der Waals surface area contributed by atoms with Gasteiger partial charge >= 0.3 is 0 Å². The lowest BCUT2D eigenvalue weighted by Gasteiger charge is -2.15. The number of aliphatic hydroxyl groups is 1. The Kier molecular flexibility index (Phi) is 6.22. The summed E-state index contributed by atoms with van der Waals surface area (Å²) in [4.78, 5) is 12.3. The van der Waals surface area contributed by atoms with Gasteiger partial charge in [-0.15, -0.1) is 12.8 Å². The van der Waals surface area contributed by atoms with Crippen LogP contribution < -0.4 is 4.74 Å². The number of hydrogen-bond acceptors (Lipinski definition) is 6. The number of halogens is 1. The molecule has 2 fully saturated rings. The highest BCUT2D eigenvalue weighted by molar-refractivity contribution is 6.33. The predicted octanol–water partition coefficient (Wildman–Crippen LogP) is 4.10. The zero-order chi connectivity index (χ0) is 23.7. The van der Waals surface area contributed by atoms with Crippen molar-refractivity contribution >= 4 is 22.8 Å². The van der Waals surface area contributed by atoms with Crippen molar-refractivity contribution in [3.63, 3.8) is 0 Å². The molecule has 0 unspecified atom stereocenters. The van der Waals surface area contributed by atoms with Crippen molar-refractivity contribution in [3.8, 4) is 41.2 Å². The van der Waals surface area contributed by atoms with Crippen LogP contribution in [0.4, 0.5) is 0 Å². The summed E-state index contributed by atoms with van der Waals surface area (Å²) in [6, 6.07) is 20.4. The van der Waals surface area contributed by atoms with Crippen molar-refractivity contribution in [2.24, 2.45) is 0 Å². The van der Waals surface area contributed by atoms with Gasteiger partial charge in [-0.2, -0.15) is 4.98 Å². The summed E-state index contributed by atoms with van der Waals surface area (Å²) in [6.07, 6.45) is 6.36. The molecule has 0 radical (unpaired) electrons. The molecule has 2 saturated heterocycles. The normalized spacial score (nSPS) is 23.3. The van der Waals surface area contributed by atoms with E-state index >= 15 is 0 Å². The van der Waals surface area contributed by atoms with Crippen LogP contribution in [0.3, 0.4) is 0 Å². The van der Waals surface area contributed by atoms with Crippen LogP contribution in [0, 0.1) is 12.8 Å². The Morgan fingerprint density at radius 3 is 2.35 bits per heavy atom. The van der Waals surface area contributed by atoms with E-state index in [9.17, 15) is 5.11 Å². The van der Waals surface area contributed by atoms with Crippen LogP contribution >= 0.6 is 11.6 Å². The number of nitrogens with one attached hydrogen (secondary N) is 1. The van der Waals surface area contributed by atoms with E-state index in [1.165, 1.54) is 0 Å². The number of ether oxygens (including phenoxy) is 3. The van der Waals surface area contributed by atoms with Crippen molar-refractivity contribution < 1.29 is 19.3 Å². The summed E-state index contributed by atoms with van der Waals surface area (Å²) in [5.74, 6) is 0. The molecule has 0 aliphatic carbocycles. The third-order valence-corrected chi connectivity index (χ3v) is 6.20. The highest BCUT2D eigenvalue weighted by Crippen LogP contribution is 2.33. The van der Waals surface area contributed by atoms with Gasteiger partial charge in [0.1, 0.15) is 18.3 Å². The fourth-order valence-corrected chi connectivity index (χ4v) is 4.55. The lowest BCUT2D eigenvalue weighted by atomic mass is 10.0. The third kappa shape index (κ3) is 4.13. The number of aromatic amines is 1. The molecule has 4 heterocycles. The average Bonchev–Trinajstić information content (AvgIpc) is 3.57. The maximum atomic E-state index is 9.90. The van der Waals surface area contributed by atoms with E-state index in [1.54, 1.807) is 6.07 Å². The molecule has 0 saturated carbocycles. The van der Waals surface area contributed by atoms with Gasteiger partial charge in [0.2, 0.25) is 0 Å². The van der Waals surface area contributed by atoms with Crippen LogP contribution in [0.15, 0.2) is 60.7 Å². The zero-order valence-electron chi connectivity index (χ0n) is 18.1. The second kappa shape index (κ2) is 9.45. The molecule has 4 atom stereocenters. The van der Waals surface area contributed by atoms with Gasteiger partial charge in [-0.05, 0) is 17.2 Å². The molecule has 2 aromatic carbocycles. The maximum absolute atomic E-state index is 9.90. The number of aliphatic hydroxyl groups excluding tert-OH is 1. The largest absolute Gasteiger partial charge is 0.456 e. The molecule has 2 aliphatic rings. The van der Waals surface area contributed by atoms with E-state index in [1.807, 2.05) is 30.3 Å². The Labute approximate surface area is 201 Å². The van der Waals surface area contributed by atoms with E-state index in [2.05, 4.69) is 52.1 Å². The average molecular weight is 476 g/mol. The van der Waals surface area contributed by atoms with Crippen LogP contribution in [-0.2, 0) is 9.47 Å². The molecular weight excluding hydrogens is 454 g/mol. The fourth-order valence-electron chi connectivity index (χ4n) is 4.29. The second-order valence-electron chi connectivity index (χ2n) is 7.99. The van der Waals surface area contributed by atoms with Crippen molar-refractivity contribution in [1.29, 1.82) is 0 Å². The number of hydrogen-bond donors (Lipinski definition) is 2. The Hall–Kier alpha value is -3.41. The third-order valence-electron chi connectivity index (χ3n) is 5.92. The quantitative estimate of drug-likeness (QED) is 0.432. The van der Waals surface area contributed by atoms with E-state index < -0.39 is 6.10 Å². The SMILES string of the molecule is C#C.O[C@@H]1CO[C@H]2[C@@H]1OC[C@H]2Oc1nc2nc(-c3ccc(-c4ccccc4)cc3)c(Cl)cc2[nH]1. The smallest absolute Gasteiger partial charge is 0.296 e. The van der Waals surface area contributed by atoms with Crippen LogP contribution in [0.25, 0.3) is 33.5 Å². The molecule has 0 amide bonds. The van der Waals surface area contributed by atoms with Crippen molar-refractivity contribution in [1.82, 2.24) is 15.0 Å². The van der Waals surface area contributed by atoms with Gasteiger partial charge < -0.3 is 24.3 Å². The predicted molar refractivity (Wildman–Crippen MR) is 130 cm³/mol. The lowest BCUT2D eigenvalue weighted by molar-refractivity contribution is 0.00706. The molecule has 6 rings (SSSR count).